The first kappa shape index (κ1) is 18.3. The second-order valence-electron chi connectivity index (χ2n) is 8.45. The van der Waals surface area contributed by atoms with Crippen LogP contribution in [0.1, 0.15) is 73.1 Å². The molecule has 0 aromatic heterocycles. The van der Waals surface area contributed by atoms with Crippen LogP contribution in [0.4, 0.5) is 0 Å². The van der Waals surface area contributed by atoms with E-state index in [0.717, 1.165) is 24.7 Å². The molecule has 1 saturated carbocycles. The van der Waals surface area contributed by atoms with Gasteiger partial charge in [-0.05, 0) is 89.9 Å². The van der Waals surface area contributed by atoms with Crippen molar-refractivity contribution in [3.63, 3.8) is 0 Å². The van der Waals surface area contributed by atoms with Gasteiger partial charge in [0.15, 0.2) is 0 Å². The largest absolute Gasteiger partial charge is 0.353 e. The molecule has 2 heteroatoms. The minimum atomic E-state index is -0.0141. The molecule has 0 aliphatic heterocycles. The number of carbonyl (C=O) groups is 1. The van der Waals surface area contributed by atoms with Gasteiger partial charge in [-0.1, -0.05) is 30.2 Å². The maximum atomic E-state index is 11.1. The fourth-order valence-electron chi connectivity index (χ4n) is 4.94. The summed E-state index contributed by atoms with van der Waals surface area (Å²) < 4.78 is 0. The van der Waals surface area contributed by atoms with Gasteiger partial charge in [-0.3, -0.25) is 4.79 Å². The Morgan fingerprint density at radius 1 is 1.43 bits per heavy atom. The predicted octanol–water partition coefficient (Wildman–Crippen LogP) is 5.26. The zero-order chi connectivity index (χ0) is 17.0. The molecular formula is C21H35NO. The zero-order valence-corrected chi connectivity index (χ0v) is 15.7. The lowest BCUT2D eigenvalue weighted by Gasteiger charge is -2.52. The molecule has 2 aliphatic carbocycles. The van der Waals surface area contributed by atoms with Crippen molar-refractivity contribution in [1.82, 2.24) is 5.32 Å². The van der Waals surface area contributed by atoms with Gasteiger partial charge in [0.25, 0.3) is 0 Å². The quantitative estimate of drug-likeness (QED) is 0.525. The second-order valence-corrected chi connectivity index (χ2v) is 8.45. The lowest BCUT2D eigenvalue weighted by atomic mass is 9.56. The first-order valence-electron chi connectivity index (χ1n) is 9.39. The van der Waals surface area contributed by atoms with E-state index in [4.69, 9.17) is 0 Å². The number of allylic oxidation sites excluding steroid dienone is 4. The van der Waals surface area contributed by atoms with Crippen molar-refractivity contribution in [2.45, 2.75) is 78.7 Å². The Kier molecular flexibility index (Phi) is 6.11. The number of rotatable bonds is 6. The Morgan fingerprint density at radius 2 is 2.17 bits per heavy atom. The minimum absolute atomic E-state index is 0.0141. The van der Waals surface area contributed by atoms with Crippen molar-refractivity contribution in [3.8, 4) is 0 Å². The average Bonchev–Trinajstić information content (AvgIpc) is 2.47. The van der Waals surface area contributed by atoms with E-state index in [1.54, 1.807) is 5.57 Å². The van der Waals surface area contributed by atoms with Gasteiger partial charge in [-0.2, -0.15) is 0 Å². The molecule has 1 fully saturated rings. The number of hydrogen-bond donors (Lipinski definition) is 1. The van der Waals surface area contributed by atoms with Crippen LogP contribution in [0.5, 0.6) is 0 Å². The summed E-state index contributed by atoms with van der Waals surface area (Å²) in [7, 11) is 0. The number of nitrogens with one attached hydrogen (secondary N) is 1. The Balaban J connectivity index is 2.14. The van der Waals surface area contributed by atoms with Crippen LogP contribution in [0.3, 0.4) is 0 Å². The summed E-state index contributed by atoms with van der Waals surface area (Å²) in [6.07, 6.45) is 13.1. The monoisotopic (exact) mass is 317 g/mol. The van der Waals surface area contributed by atoms with Gasteiger partial charge in [0.05, 0.1) is 0 Å². The highest BCUT2D eigenvalue weighted by molar-refractivity contribution is 5.48. The highest BCUT2D eigenvalue weighted by atomic mass is 16.1. The Labute approximate surface area is 142 Å². The van der Waals surface area contributed by atoms with Crippen molar-refractivity contribution in [2.24, 2.45) is 23.7 Å². The maximum absolute atomic E-state index is 11.1. The van der Waals surface area contributed by atoms with Crippen molar-refractivity contribution < 1.29 is 4.79 Å². The van der Waals surface area contributed by atoms with E-state index < -0.39 is 0 Å². The van der Waals surface area contributed by atoms with Crippen LogP contribution in [0.2, 0.25) is 0 Å². The number of carbonyl (C=O) groups excluding carboxylic acids is 1. The normalized spacial score (nSPS) is 34.8. The van der Waals surface area contributed by atoms with Crippen LogP contribution in [-0.2, 0) is 4.79 Å². The van der Waals surface area contributed by atoms with E-state index in [-0.39, 0.29) is 5.54 Å². The highest BCUT2D eigenvalue weighted by Gasteiger charge is 2.47. The van der Waals surface area contributed by atoms with E-state index in [1.165, 1.54) is 37.7 Å². The lowest BCUT2D eigenvalue weighted by molar-refractivity contribution is -0.113. The molecule has 2 rings (SSSR count). The Hall–Kier alpha value is -1.05. The van der Waals surface area contributed by atoms with Gasteiger partial charge >= 0.3 is 0 Å². The first-order chi connectivity index (χ1) is 10.9. The molecule has 0 aromatic rings. The molecule has 23 heavy (non-hydrogen) atoms. The van der Waals surface area contributed by atoms with Gasteiger partial charge in [0.1, 0.15) is 0 Å². The molecule has 130 valence electrons. The fraction of sp³-hybridized carbons (Fsp3) is 0.762. The molecule has 0 spiro atoms. The van der Waals surface area contributed by atoms with Crippen LogP contribution in [0.15, 0.2) is 23.3 Å². The van der Waals surface area contributed by atoms with Crippen molar-refractivity contribution >= 4 is 6.41 Å². The third-order valence-corrected chi connectivity index (χ3v) is 6.40. The SMILES string of the molecule is CC(C)=CCC[C@@H](C)[C@@H]1CC[C@@](C)(NC=O)[C@@H]2CCC(C)=C[C@@H]12. The molecule has 5 atom stereocenters. The van der Waals surface area contributed by atoms with E-state index in [0.29, 0.717) is 11.8 Å². The van der Waals surface area contributed by atoms with Crippen LogP contribution < -0.4 is 5.32 Å². The molecule has 2 nitrogen and oxygen atoms in total. The summed E-state index contributed by atoms with van der Waals surface area (Å²) in [6, 6.07) is 0. The number of fused-ring (bicyclic) bond motifs is 1. The average molecular weight is 318 g/mol. The van der Waals surface area contributed by atoms with Gasteiger partial charge < -0.3 is 5.32 Å². The molecule has 0 radical (unpaired) electrons. The van der Waals surface area contributed by atoms with Crippen LogP contribution in [0.25, 0.3) is 0 Å². The second kappa shape index (κ2) is 7.68. The fourth-order valence-corrected chi connectivity index (χ4v) is 4.94. The molecule has 0 heterocycles. The maximum Gasteiger partial charge on any atom is 0.207 e. The summed E-state index contributed by atoms with van der Waals surface area (Å²) in [5, 5.41) is 3.17. The number of hydrogen-bond acceptors (Lipinski definition) is 1. The molecular weight excluding hydrogens is 282 g/mol. The third-order valence-electron chi connectivity index (χ3n) is 6.40. The zero-order valence-electron chi connectivity index (χ0n) is 15.7. The third kappa shape index (κ3) is 4.28. The summed E-state index contributed by atoms with van der Waals surface area (Å²) in [6.45, 7) is 11.3. The van der Waals surface area contributed by atoms with Gasteiger partial charge in [-0.15, -0.1) is 0 Å². The molecule has 1 amide bonds. The van der Waals surface area contributed by atoms with Gasteiger partial charge in [0.2, 0.25) is 6.41 Å². The molecule has 1 N–H and O–H groups in total. The molecule has 0 saturated heterocycles. The summed E-state index contributed by atoms with van der Waals surface area (Å²) in [4.78, 5) is 11.1. The van der Waals surface area contributed by atoms with Crippen molar-refractivity contribution in [1.29, 1.82) is 0 Å². The van der Waals surface area contributed by atoms with Gasteiger partial charge in [0, 0.05) is 5.54 Å². The molecule has 0 unspecified atom stereocenters. The predicted molar refractivity (Wildman–Crippen MR) is 98.1 cm³/mol. The minimum Gasteiger partial charge on any atom is -0.353 e. The Morgan fingerprint density at radius 3 is 2.83 bits per heavy atom. The van der Waals surface area contributed by atoms with Crippen molar-refractivity contribution in [3.05, 3.63) is 23.3 Å². The summed E-state index contributed by atoms with van der Waals surface area (Å²) in [5.41, 5.74) is 2.96. The summed E-state index contributed by atoms with van der Waals surface area (Å²) in [5.74, 6) is 2.75. The molecule has 0 bridgehead atoms. The standard InChI is InChI=1S/C21H35NO/c1-15(2)7-6-8-17(4)18-11-12-21(5,22-14-23)20-10-9-16(3)13-19(18)20/h7,13-14,17-20H,6,8-12H2,1-5H3,(H,22,23)/t17-,18+,19+,20-,21-/m1/s1. The van der Waals surface area contributed by atoms with Crippen molar-refractivity contribution in [2.75, 3.05) is 0 Å². The van der Waals surface area contributed by atoms with Crippen LogP contribution >= 0.6 is 0 Å². The molecule has 2 aliphatic rings. The number of amides is 1. The van der Waals surface area contributed by atoms with E-state index in [9.17, 15) is 4.79 Å². The van der Waals surface area contributed by atoms with Crippen LogP contribution in [0, 0.1) is 23.7 Å². The van der Waals surface area contributed by atoms with Crippen LogP contribution in [-0.4, -0.2) is 11.9 Å². The van der Waals surface area contributed by atoms with E-state index >= 15 is 0 Å². The first-order valence-corrected chi connectivity index (χ1v) is 9.39. The van der Waals surface area contributed by atoms with E-state index in [2.05, 4.69) is 52.1 Å². The lowest BCUT2D eigenvalue weighted by Crippen LogP contribution is -2.56. The summed E-state index contributed by atoms with van der Waals surface area (Å²) >= 11 is 0. The highest BCUT2D eigenvalue weighted by Crippen LogP contribution is 2.50. The smallest absolute Gasteiger partial charge is 0.207 e. The van der Waals surface area contributed by atoms with Gasteiger partial charge in [-0.25, -0.2) is 0 Å². The molecule has 0 aromatic carbocycles. The topological polar surface area (TPSA) is 29.1 Å². The Bertz CT molecular complexity index is 474. The van der Waals surface area contributed by atoms with E-state index in [1.807, 2.05) is 0 Å².